The van der Waals surface area contributed by atoms with Crippen molar-refractivity contribution in [3.8, 4) is 0 Å². The molecule has 0 saturated heterocycles. The van der Waals surface area contributed by atoms with Gasteiger partial charge in [0.25, 0.3) is 0 Å². The fourth-order valence-electron chi connectivity index (χ4n) is 0.577. The highest BCUT2D eigenvalue weighted by Gasteiger charge is 2.09. The van der Waals surface area contributed by atoms with Gasteiger partial charge in [-0.05, 0) is 0 Å². The summed E-state index contributed by atoms with van der Waals surface area (Å²) in [7, 11) is 0. The van der Waals surface area contributed by atoms with Gasteiger partial charge in [-0.3, -0.25) is 0 Å². The molecule has 1 aromatic rings. The summed E-state index contributed by atoms with van der Waals surface area (Å²) in [5.41, 5.74) is -0.279. The molecular formula is C6H3ClFNO2. The predicted molar refractivity (Wildman–Crippen MR) is 36.2 cm³/mol. The number of nitrogens with zero attached hydrogens (tertiary/aromatic N) is 1. The number of halogens is 2. The number of carboxylic acids is 1. The van der Waals surface area contributed by atoms with Crippen LogP contribution in [0, 0.1) is 5.95 Å². The molecule has 0 amide bonds. The summed E-state index contributed by atoms with van der Waals surface area (Å²) >= 11 is 5.38. The minimum atomic E-state index is -1.27. The predicted octanol–water partition coefficient (Wildman–Crippen LogP) is 1.57. The summed E-state index contributed by atoms with van der Waals surface area (Å²) in [4.78, 5) is 13.5. The quantitative estimate of drug-likeness (QED) is 0.660. The molecule has 0 unspecified atom stereocenters. The zero-order chi connectivity index (χ0) is 8.43. The number of carbonyl (C=O) groups is 1. The highest BCUT2D eigenvalue weighted by Crippen LogP contribution is 2.14. The Kier molecular flexibility index (Phi) is 2.05. The maximum Gasteiger partial charge on any atom is 0.337 e. The van der Waals surface area contributed by atoms with Crippen LogP contribution in [-0.2, 0) is 0 Å². The molecule has 58 valence electrons. The van der Waals surface area contributed by atoms with Crippen molar-refractivity contribution >= 4 is 17.6 Å². The molecule has 11 heavy (non-hydrogen) atoms. The van der Waals surface area contributed by atoms with Crippen molar-refractivity contribution in [3.05, 3.63) is 28.8 Å². The van der Waals surface area contributed by atoms with Gasteiger partial charge in [-0.25, -0.2) is 9.78 Å². The van der Waals surface area contributed by atoms with E-state index >= 15 is 0 Å². The van der Waals surface area contributed by atoms with Crippen LogP contribution in [0.15, 0.2) is 12.3 Å². The SMILES string of the molecule is O=C(O)c1cc(F)ncc1Cl. The van der Waals surface area contributed by atoms with Crippen LogP contribution in [0.5, 0.6) is 0 Å². The van der Waals surface area contributed by atoms with Crippen LogP contribution in [0.3, 0.4) is 0 Å². The van der Waals surface area contributed by atoms with Gasteiger partial charge in [0.1, 0.15) is 0 Å². The summed E-state index contributed by atoms with van der Waals surface area (Å²) in [6.45, 7) is 0. The molecule has 0 aliphatic heterocycles. The van der Waals surface area contributed by atoms with Gasteiger partial charge in [-0.2, -0.15) is 4.39 Å². The molecule has 0 radical (unpaired) electrons. The van der Waals surface area contributed by atoms with Gasteiger partial charge in [0.2, 0.25) is 5.95 Å². The van der Waals surface area contributed by atoms with Crippen LogP contribution in [-0.4, -0.2) is 16.1 Å². The first-order valence-electron chi connectivity index (χ1n) is 2.65. The van der Waals surface area contributed by atoms with Gasteiger partial charge in [0.05, 0.1) is 10.6 Å². The average molecular weight is 176 g/mol. The number of hydrogen-bond acceptors (Lipinski definition) is 2. The van der Waals surface area contributed by atoms with Gasteiger partial charge in [-0.1, -0.05) is 11.6 Å². The van der Waals surface area contributed by atoms with E-state index in [4.69, 9.17) is 16.7 Å². The minimum absolute atomic E-state index is 0.0705. The summed E-state index contributed by atoms with van der Waals surface area (Å²) in [5.74, 6) is -2.12. The summed E-state index contributed by atoms with van der Waals surface area (Å²) in [5, 5.41) is 8.34. The molecule has 0 aliphatic carbocycles. The number of carboxylic acid groups (broad SMARTS) is 1. The van der Waals surface area contributed by atoms with Crippen LogP contribution in [0.25, 0.3) is 0 Å². The molecule has 1 aromatic heterocycles. The van der Waals surface area contributed by atoms with E-state index in [1.165, 1.54) is 0 Å². The standard InChI is InChI=1S/C6H3ClFNO2/c7-4-2-9-5(8)1-3(4)6(10)11/h1-2H,(H,10,11). The lowest BCUT2D eigenvalue weighted by molar-refractivity contribution is 0.0696. The second-order valence-corrected chi connectivity index (χ2v) is 2.20. The van der Waals surface area contributed by atoms with Gasteiger partial charge in [0.15, 0.2) is 0 Å². The smallest absolute Gasteiger partial charge is 0.337 e. The Hall–Kier alpha value is -1.16. The first-order chi connectivity index (χ1) is 5.11. The third-order valence-electron chi connectivity index (χ3n) is 1.05. The van der Waals surface area contributed by atoms with Crippen molar-refractivity contribution in [2.24, 2.45) is 0 Å². The molecule has 0 aromatic carbocycles. The Labute approximate surface area is 66.4 Å². The third kappa shape index (κ3) is 1.65. The molecule has 1 heterocycles. The summed E-state index contributed by atoms with van der Waals surface area (Å²) in [6, 6.07) is 0.769. The molecule has 0 fully saturated rings. The molecule has 0 spiro atoms. The Morgan fingerprint density at radius 2 is 2.36 bits per heavy atom. The Morgan fingerprint density at radius 3 is 2.82 bits per heavy atom. The van der Waals surface area contributed by atoms with E-state index in [2.05, 4.69) is 4.98 Å². The van der Waals surface area contributed by atoms with Gasteiger partial charge in [-0.15, -0.1) is 0 Å². The molecule has 1 rings (SSSR count). The van der Waals surface area contributed by atoms with Gasteiger partial charge in [0, 0.05) is 12.3 Å². The lowest BCUT2D eigenvalue weighted by Gasteiger charge is -1.95. The van der Waals surface area contributed by atoms with Crippen molar-refractivity contribution in [1.82, 2.24) is 4.98 Å². The van der Waals surface area contributed by atoms with Crippen LogP contribution in [0.2, 0.25) is 5.02 Å². The van der Waals surface area contributed by atoms with E-state index in [1.54, 1.807) is 0 Å². The van der Waals surface area contributed by atoms with Crippen LogP contribution in [0.4, 0.5) is 4.39 Å². The third-order valence-corrected chi connectivity index (χ3v) is 1.35. The normalized spacial score (nSPS) is 9.64. The van der Waals surface area contributed by atoms with Crippen molar-refractivity contribution in [2.45, 2.75) is 0 Å². The van der Waals surface area contributed by atoms with Gasteiger partial charge < -0.3 is 5.11 Å². The van der Waals surface area contributed by atoms with Crippen molar-refractivity contribution in [3.63, 3.8) is 0 Å². The van der Waals surface area contributed by atoms with E-state index in [-0.39, 0.29) is 10.6 Å². The van der Waals surface area contributed by atoms with Crippen molar-refractivity contribution < 1.29 is 14.3 Å². The van der Waals surface area contributed by atoms with E-state index in [0.717, 1.165) is 12.3 Å². The fourth-order valence-corrected chi connectivity index (χ4v) is 0.761. The summed E-state index contributed by atoms with van der Waals surface area (Å²) < 4.78 is 12.3. The van der Waals surface area contributed by atoms with Crippen LogP contribution in [0.1, 0.15) is 10.4 Å². The molecule has 0 saturated carbocycles. The molecular weight excluding hydrogens is 173 g/mol. The first-order valence-corrected chi connectivity index (χ1v) is 3.03. The molecule has 5 heteroatoms. The number of hydrogen-bond donors (Lipinski definition) is 1. The average Bonchev–Trinajstić information content (AvgIpc) is 1.94. The fraction of sp³-hybridized carbons (Fsp3) is 0. The second kappa shape index (κ2) is 2.84. The Balaban J connectivity index is 3.23. The Morgan fingerprint density at radius 1 is 1.73 bits per heavy atom. The number of rotatable bonds is 1. The highest BCUT2D eigenvalue weighted by atomic mass is 35.5. The van der Waals surface area contributed by atoms with Crippen LogP contribution >= 0.6 is 11.6 Å². The number of aromatic carboxylic acids is 1. The topological polar surface area (TPSA) is 50.2 Å². The highest BCUT2D eigenvalue weighted by molar-refractivity contribution is 6.33. The molecule has 0 bridgehead atoms. The lowest BCUT2D eigenvalue weighted by Crippen LogP contribution is -1.99. The largest absolute Gasteiger partial charge is 0.478 e. The molecule has 1 N–H and O–H groups in total. The Bertz CT molecular complexity index is 303. The number of aromatic nitrogens is 1. The van der Waals surface area contributed by atoms with E-state index in [0.29, 0.717) is 0 Å². The van der Waals surface area contributed by atoms with E-state index in [9.17, 15) is 9.18 Å². The second-order valence-electron chi connectivity index (χ2n) is 1.79. The molecule has 0 atom stereocenters. The van der Waals surface area contributed by atoms with E-state index < -0.39 is 11.9 Å². The number of pyridine rings is 1. The first kappa shape index (κ1) is 7.94. The van der Waals surface area contributed by atoms with Crippen LogP contribution < -0.4 is 0 Å². The zero-order valence-corrected chi connectivity index (χ0v) is 5.97. The van der Waals surface area contributed by atoms with Crippen molar-refractivity contribution in [2.75, 3.05) is 0 Å². The monoisotopic (exact) mass is 175 g/mol. The lowest BCUT2D eigenvalue weighted by atomic mass is 10.3. The molecule has 3 nitrogen and oxygen atoms in total. The van der Waals surface area contributed by atoms with E-state index in [1.807, 2.05) is 0 Å². The summed E-state index contributed by atoms with van der Waals surface area (Å²) in [6.07, 6.45) is 0.959. The van der Waals surface area contributed by atoms with Crippen molar-refractivity contribution in [1.29, 1.82) is 0 Å². The zero-order valence-electron chi connectivity index (χ0n) is 5.21. The minimum Gasteiger partial charge on any atom is -0.478 e. The maximum atomic E-state index is 12.3. The molecule has 0 aliphatic rings. The van der Waals surface area contributed by atoms with Gasteiger partial charge >= 0.3 is 5.97 Å². The maximum absolute atomic E-state index is 12.3.